The molecule has 0 unspecified atom stereocenters. The van der Waals surface area contributed by atoms with Gasteiger partial charge < -0.3 is 10.2 Å². The molecule has 1 fully saturated rings. The number of likely N-dealkylation sites (tertiary alicyclic amines) is 1. The van der Waals surface area contributed by atoms with Gasteiger partial charge >= 0.3 is 0 Å². The molecule has 148 valence electrons. The van der Waals surface area contributed by atoms with Gasteiger partial charge in [0.2, 0.25) is 0 Å². The van der Waals surface area contributed by atoms with E-state index in [0.29, 0.717) is 24.2 Å². The predicted molar refractivity (Wildman–Crippen MR) is 114 cm³/mol. The van der Waals surface area contributed by atoms with Crippen LogP contribution in [0.1, 0.15) is 44.8 Å². The van der Waals surface area contributed by atoms with E-state index < -0.39 is 0 Å². The zero-order valence-corrected chi connectivity index (χ0v) is 16.8. The van der Waals surface area contributed by atoms with Crippen molar-refractivity contribution >= 4 is 22.7 Å². The Morgan fingerprint density at radius 1 is 1.00 bits per heavy atom. The normalized spacial score (nSPS) is 14.8. The van der Waals surface area contributed by atoms with Crippen LogP contribution in [0.5, 0.6) is 0 Å². The Morgan fingerprint density at radius 2 is 1.72 bits per heavy atom. The van der Waals surface area contributed by atoms with Crippen LogP contribution >= 0.6 is 0 Å². The first-order valence-corrected chi connectivity index (χ1v) is 10.0. The van der Waals surface area contributed by atoms with Crippen LogP contribution in [0.4, 0.5) is 0 Å². The van der Waals surface area contributed by atoms with Crippen LogP contribution in [0.15, 0.2) is 54.6 Å². The van der Waals surface area contributed by atoms with Crippen molar-refractivity contribution in [1.29, 1.82) is 0 Å². The minimum atomic E-state index is -0.0553. The van der Waals surface area contributed by atoms with Crippen LogP contribution in [0.2, 0.25) is 0 Å². The van der Waals surface area contributed by atoms with Gasteiger partial charge in [0.25, 0.3) is 11.8 Å². The molecule has 0 saturated carbocycles. The first-order chi connectivity index (χ1) is 14.0. The fourth-order valence-electron chi connectivity index (χ4n) is 3.86. The summed E-state index contributed by atoms with van der Waals surface area (Å²) in [6.07, 6.45) is 1.51. The molecule has 2 heterocycles. The van der Waals surface area contributed by atoms with Crippen molar-refractivity contribution in [3.63, 3.8) is 0 Å². The summed E-state index contributed by atoms with van der Waals surface area (Å²) in [5.74, 6) is -0.0356. The lowest BCUT2D eigenvalue weighted by atomic mass is 10.0. The Labute approximate surface area is 170 Å². The minimum absolute atomic E-state index is 0.0197. The monoisotopic (exact) mass is 387 g/mol. The summed E-state index contributed by atoms with van der Waals surface area (Å²) in [5, 5.41) is 4.08. The zero-order chi connectivity index (χ0) is 20.4. The molecular formula is C24H25N3O2. The van der Waals surface area contributed by atoms with Crippen LogP contribution < -0.4 is 5.32 Å². The number of aryl methyl sites for hydroxylation is 2. The molecule has 2 amide bonds. The van der Waals surface area contributed by atoms with Crippen molar-refractivity contribution in [2.24, 2.45) is 0 Å². The van der Waals surface area contributed by atoms with E-state index in [4.69, 9.17) is 0 Å². The zero-order valence-electron chi connectivity index (χ0n) is 16.8. The highest BCUT2D eigenvalue weighted by Crippen LogP contribution is 2.21. The Kier molecular flexibility index (Phi) is 5.30. The van der Waals surface area contributed by atoms with Crippen molar-refractivity contribution in [1.82, 2.24) is 15.2 Å². The summed E-state index contributed by atoms with van der Waals surface area (Å²) in [6, 6.07) is 17.4. The van der Waals surface area contributed by atoms with E-state index >= 15 is 0 Å². The number of rotatable bonds is 3. The lowest BCUT2D eigenvalue weighted by molar-refractivity contribution is 0.0697. The number of carbonyl (C=O) groups is 2. The molecule has 5 heteroatoms. The lowest BCUT2D eigenvalue weighted by Crippen LogP contribution is -2.46. The molecule has 3 aromatic rings. The highest BCUT2D eigenvalue weighted by Gasteiger charge is 2.26. The summed E-state index contributed by atoms with van der Waals surface area (Å²) < 4.78 is 0. The van der Waals surface area contributed by atoms with E-state index in [0.717, 1.165) is 35.0 Å². The molecule has 0 aliphatic carbocycles. The number of nitrogens with one attached hydrogen (secondary N) is 1. The highest BCUT2D eigenvalue weighted by molar-refractivity contribution is 5.99. The molecule has 1 aliphatic rings. The van der Waals surface area contributed by atoms with E-state index in [-0.39, 0.29) is 17.9 Å². The van der Waals surface area contributed by atoms with E-state index in [2.05, 4.69) is 16.4 Å². The second-order valence-electron chi connectivity index (χ2n) is 7.72. The fraction of sp³-hybridized carbons (Fsp3) is 0.292. The Hall–Kier alpha value is -3.21. The quantitative estimate of drug-likeness (QED) is 0.742. The number of benzene rings is 2. The van der Waals surface area contributed by atoms with Gasteiger partial charge in [-0.15, -0.1) is 0 Å². The number of aromatic nitrogens is 1. The summed E-state index contributed by atoms with van der Waals surface area (Å²) in [4.78, 5) is 31.9. The number of carbonyl (C=O) groups excluding carboxylic acids is 2. The van der Waals surface area contributed by atoms with Gasteiger partial charge in [-0.1, -0.05) is 29.8 Å². The van der Waals surface area contributed by atoms with Gasteiger partial charge in [0.05, 0.1) is 16.8 Å². The summed E-state index contributed by atoms with van der Waals surface area (Å²) in [5.41, 5.74) is 4.14. The van der Waals surface area contributed by atoms with Gasteiger partial charge in [0.15, 0.2) is 0 Å². The molecule has 0 bridgehead atoms. The Morgan fingerprint density at radius 3 is 2.45 bits per heavy atom. The number of nitrogens with zero attached hydrogens (tertiary/aromatic N) is 2. The van der Waals surface area contributed by atoms with E-state index in [9.17, 15) is 9.59 Å². The van der Waals surface area contributed by atoms with Gasteiger partial charge in [0, 0.05) is 30.1 Å². The largest absolute Gasteiger partial charge is 0.349 e. The molecule has 1 N–H and O–H groups in total. The van der Waals surface area contributed by atoms with Gasteiger partial charge in [0.1, 0.15) is 0 Å². The average Bonchev–Trinajstić information content (AvgIpc) is 2.74. The molecule has 1 saturated heterocycles. The number of hydrogen-bond acceptors (Lipinski definition) is 3. The first-order valence-electron chi connectivity index (χ1n) is 10.0. The second kappa shape index (κ2) is 8.03. The molecule has 2 aromatic carbocycles. The maximum atomic E-state index is 13.1. The molecule has 1 aliphatic heterocycles. The molecule has 29 heavy (non-hydrogen) atoms. The molecule has 0 spiro atoms. The summed E-state index contributed by atoms with van der Waals surface area (Å²) in [7, 11) is 0. The van der Waals surface area contributed by atoms with E-state index in [1.807, 2.05) is 67.3 Å². The van der Waals surface area contributed by atoms with Crippen LogP contribution in [-0.2, 0) is 0 Å². The maximum absolute atomic E-state index is 13.1. The molecule has 0 atom stereocenters. The summed E-state index contributed by atoms with van der Waals surface area (Å²) >= 11 is 0. The Bertz CT molecular complexity index is 1050. The van der Waals surface area contributed by atoms with Crippen LogP contribution in [0, 0.1) is 13.8 Å². The SMILES string of the molecule is Cc1ccc2nc(C)c(C(=O)N3CCC(NC(=O)c4ccccc4)CC3)cc2c1. The van der Waals surface area contributed by atoms with E-state index in [1.165, 1.54) is 0 Å². The van der Waals surface area contributed by atoms with Gasteiger partial charge in [-0.2, -0.15) is 0 Å². The van der Waals surface area contributed by atoms with Crippen LogP contribution in [-0.4, -0.2) is 40.8 Å². The van der Waals surface area contributed by atoms with Crippen molar-refractivity contribution < 1.29 is 9.59 Å². The Balaban J connectivity index is 1.42. The van der Waals surface area contributed by atoms with Crippen molar-refractivity contribution in [2.45, 2.75) is 32.7 Å². The molecule has 0 radical (unpaired) electrons. The molecule has 4 rings (SSSR count). The fourth-order valence-corrected chi connectivity index (χ4v) is 3.86. The number of fused-ring (bicyclic) bond motifs is 1. The average molecular weight is 387 g/mol. The predicted octanol–water partition coefficient (Wildman–Crippen LogP) is 3.89. The van der Waals surface area contributed by atoms with Gasteiger partial charge in [-0.25, -0.2) is 0 Å². The minimum Gasteiger partial charge on any atom is -0.349 e. The van der Waals surface area contributed by atoms with Crippen molar-refractivity contribution in [2.75, 3.05) is 13.1 Å². The van der Waals surface area contributed by atoms with E-state index in [1.54, 1.807) is 0 Å². The third-order valence-electron chi connectivity index (χ3n) is 5.54. The van der Waals surface area contributed by atoms with Crippen LogP contribution in [0.25, 0.3) is 10.9 Å². The molecular weight excluding hydrogens is 362 g/mol. The highest BCUT2D eigenvalue weighted by atomic mass is 16.2. The number of piperidine rings is 1. The van der Waals surface area contributed by atoms with Crippen LogP contribution in [0.3, 0.4) is 0 Å². The maximum Gasteiger partial charge on any atom is 0.255 e. The smallest absolute Gasteiger partial charge is 0.255 e. The standard InChI is InChI=1S/C24H25N3O2/c1-16-8-9-22-19(14-16)15-21(17(2)25-22)24(29)27-12-10-20(11-13-27)26-23(28)18-6-4-3-5-7-18/h3-9,14-15,20H,10-13H2,1-2H3,(H,26,28). The molecule has 5 nitrogen and oxygen atoms in total. The van der Waals surface area contributed by atoms with Crippen molar-refractivity contribution in [3.05, 3.63) is 77.0 Å². The van der Waals surface area contributed by atoms with Gasteiger partial charge in [-0.3, -0.25) is 14.6 Å². The first kappa shape index (κ1) is 19.1. The van der Waals surface area contributed by atoms with Crippen molar-refractivity contribution in [3.8, 4) is 0 Å². The topological polar surface area (TPSA) is 62.3 Å². The number of pyridine rings is 1. The number of hydrogen-bond donors (Lipinski definition) is 1. The third kappa shape index (κ3) is 4.14. The summed E-state index contributed by atoms with van der Waals surface area (Å²) in [6.45, 7) is 5.18. The molecule has 1 aromatic heterocycles. The number of amides is 2. The second-order valence-corrected chi connectivity index (χ2v) is 7.72. The lowest BCUT2D eigenvalue weighted by Gasteiger charge is -2.32. The third-order valence-corrected chi connectivity index (χ3v) is 5.54. The van der Waals surface area contributed by atoms with Gasteiger partial charge in [-0.05, 0) is 57.0 Å².